The highest BCUT2D eigenvalue weighted by Crippen LogP contribution is 2.68. The van der Waals surface area contributed by atoms with E-state index in [2.05, 4.69) is 0 Å². The summed E-state index contributed by atoms with van der Waals surface area (Å²) in [5.41, 5.74) is -8.64. The zero-order chi connectivity index (χ0) is 19.2. The van der Waals surface area contributed by atoms with Crippen LogP contribution in [0.25, 0.3) is 0 Å². The Bertz CT molecular complexity index is 536. The Labute approximate surface area is 126 Å². The SMILES string of the molecule is FC(c1ccccc1)C(C(F)(F)F)(C(F)(F)F)C(F)(F)C(F)(F)F. The van der Waals surface area contributed by atoms with E-state index in [4.69, 9.17) is 0 Å². The van der Waals surface area contributed by atoms with E-state index in [9.17, 15) is 52.7 Å². The van der Waals surface area contributed by atoms with Gasteiger partial charge in [-0.25, -0.2) is 4.39 Å². The van der Waals surface area contributed by atoms with Crippen molar-refractivity contribution in [3.05, 3.63) is 35.9 Å². The van der Waals surface area contributed by atoms with E-state index in [1.807, 2.05) is 0 Å². The van der Waals surface area contributed by atoms with Gasteiger partial charge in [-0.15, -0.1) is 0 Å². The number of halogens is 12. The third kappa shape index (κ3) is 2.79. The summed E-state index contributed by atoms with van der Waals surface area (Å²) in [6, 6.07) is 2.84. The molecule has 12 heteroatoms. The van der Waals surface area contributed by atoms with Gasteiger partial charge in [0.25, 0.3) is 5.41 Å². The summed E-state index contributed by atoms with van der Waals surface area (Å²) in [6.45, 7) is 0. The molecule has 0 aliphatic rings. The van der Waals surface area contributed by atoms with E-state index in [1.54, 1.807) is 0 Å². The molecule has 0 aliphatic heterocycles. The van der Waals surface area contributed by atoms with Crippen LogP contribution in [0.2, 0.25) is 0 Å². The minimum Gasteiger partial charge on any atom is -0.241 e. The molecule has 24 heavy (non-hydrogen) atoms. The van der Waals surface area contributed by atoms with Gasteiger partial charge in [0.1, 0.15) is 0 Å². The van der Waals surface area contributed by atoms with Crippen LogP contribution in [0.4, 0.5) is 52.7 Å². The predicted molar refractivity (Wildman–Crippen MR) is 55.8 cm³/mol. The van der Waals surface area contributed by atoms with Gasteiger partial charge in [-0.3, -0.25) is 0 Å². The molecule has 0 nitrogen and oxygen atoms in total. The molecule has 0 spiro atoms. The van der Waals surface area contributed by atoms with Crippen molar-refractivity contribution in [1.82, 2.24) is 0 Å². The first-order chi connectivity index (χ1) is 10.5. The number of benzene rings is 1. The summed E-state index contributed by atoms with van der Waals surface area (Å²) in [5, 5.41) is 0. The second kappa shape index (κ2) is 5.73. The third-order valence-electron chi connectivity index (χ3n) is 3.22. The van der Waals surface area contributed by atoms with Crippen molar-refractivity contribution in [1.29, 1.82) is 0 Å². The standard InChI is InChI=1S/C12H6F12/c13-7(6-4-2-1-3-5-6)8(10(16,17)18,11(19,20)21)9(14,15)12(22,23)24/h1-5,7H. The maximum atomic E-state index is 14.1. The molecular formula is C12H6F12. The predicted octanol–water partition coefficient (Wildman–Crippen LogP) is 6.01. The fourth-order valence-electron chi connectivity index (χ4n) is 2.06. The molecule has 0 saturated carbocycles. The first kappa shape index (κ1) is 20.4. The molecule has 0 bridgehead atoms. The molecule has 1 unspecified atom stereocenters. The van der Waals surface area contributed by atoms with Gasteiger partial charge in [-0.05, 0) is 5.56 Å². The van der Waals surface area contributed by atoms with E-state index < -0.39 is 41.6 Å². The van der Waals surface area contributed by atoms with Gasteiger partial charge >= 0.3 is 24.5 Å². The highest BCUT2D eigenvalue weighted by atomic mass is 19.4. The first-order valence-electron chi connectivity index (χ1n) is 5.79. The number of alkyl halides is 12. The van der Waals surface area contributed by atoms with Gasteiger partial charge in [0.05, 0.1) is 0 Å². The lowest BCUT2D eigenvalue weighted by Gasteiger charge is -2.44. The Morgan fingerprint density at radius 1 is 0.583 bits per heavy atom. The molecule has 0 N–H and O–H groups in total. The quantitative estimate of drug-likeness (QED) is 0.566. The number of rotatable bonds is 3. The number of hydrogen-bond donors (Lipinski definition) is 0. The summed E-state index contributed by atoms with van der Waals surface area (Å²) in [7, 11) is 0. The van der Waals surface area contributed by atoms with Crippen LogP contribution in [0.5, 0.6) is 0 Å². The Kier molecular flexibility index (Phi) is 4.87. The lowest BCUT2D eigenvalue weighted by Crippen LogP contribution is -2.68. The molecule has 1 aromatic rings. The minimum absolute atomic E-state index is 0.239. The fraction of sp³-hybridized carbons (Fsp3) is 0.500. The highest BCUT2D eigenvalue weighted by molar-refractivity contribution is 5.25. The van der Waals surface area contributed by atoms with Crippen LogP contribution in [0.15, 0.2) is 30.3 Å². The van der Waals surface area contributed by atoms with Crippen LogP contribution in [0, 0.1) is 5.41 Å². The number of hydrogen-bond acceptors (Lipinski definition) is 0. The molecule has 0 amide bonds. The van der Waals surface area contributed by atoms with E-state index in [0.717, 1.165) is 6.07 Å². The lowest BCUT2D eigenvalue weighted by molar-refractivity contribution is -0.462. The van der Waals surface area contributed by atoms with Gasteiger partial charge in [-0.1, -0.05) is 30.3 Å². The second-order valence-corrected chi connectivity index (χ2v) is 4.65. The van der Waals surface area contributed by atoms with Crippen molar-refractivity contribution < 1.29 is 52.7 Å². The molecule has 138 valence electrons. The fourth-order valence-corrected chi connectivity index (χ4v) is 2.06. The van der Waals surface area contributed by atoms with Crippen LogP contribution in [0.1, 0.15) is 11.7 Å². The first-order valence-corrected chi connectivity index (χ1v) is 5.79. The van der Waals surface area contributed by atoms with E-state index >= 15 is 0 Å². The zero-order valence-electron chi connectivity index (χ0n) is 11.0. The van der Waals surface area contributed by atoms with Gasteiger partial charge in [-0.2, -0.15) is 48.3 Å². The van der Waals surface area contributed by atoms with Crippen molar-refractivity contribution in [2.24, 2.45) is 5.41 Å². The highest BCUT2D eigenvalue weighted by Gasteiger charge is 2.92. The van der Waals surface area contributed by atoms with E-state index in [1.165, 1.54) is 0 Å². The molecule has 0 fully saturated rings. The average molecular weight is 378 g/mol. The van der Waals surface area contributed by atoms with Crippen molar-refractivity contribution in [3.63, 3.8) is 0 Å². The third-order valence-corrected chi connectivity index (χ3v) is 3.22. The molecule has 0 aliphatic carbocycles. The molecule has 0 aromatic heterocycles. The molecule has 0 heterocycles. The van der Waals surface area contributed by atoms with Crippen LogP contribution in [-0.4, -0.2) is 24.5 Å². The molecule has 0 radical (unpaired) electrons. The van der Waals surface area contributed by atoms with Gasteiger partial charge in [0, 0.05) is 0 Å². The van der Waals surface area contributed by atoms with E-state index in [-0.39, 0.29) is 12.1 Å². The zero-order valence-corrected chi connectivity index (χ0v) is 11.0. The smallest absolute Gasteiger partial charge is 0.241 e. The Hall–Kier alpha value is -1.62. The molecular weight excluding hydrogens is 372 g/mol. The van der Waals surface area contributed by atoms with Crippen LogP contribution in [0.3, 0.4) is 0 Å². The monoisotopic (exact) mass is 378 g/mol. The summed E-state index contributed by atoms with van der Waals surface area (Å²) in [6.07, 6.45) is -26.7. The minimum atomic E-state index is -7.48. The molecule has 0 saturated heterocycles. The topological polar surface area (TPSA) is 0 Å². The maximum absolute atomic E-state index is 14.1. The Balaban J connectivity index is 3.88. The Morgan fingerprint density at radius 3 is 1.25 bits per heavy atom. The summed E-state index contributed by atoms with van der Waals surface area (Å²) >= 11 is 0. The van der Waals surface area contributed by atoms with Crippen molar-refractivity contribution in [2.75, 3.05) is 0 Å². The molecule has 1 aromatic carbocycles. The van der Waals surface area contributed by atoms with Crippen molar-refractivity contribution in [2.45, 2.75) is 30.6 Å². The normalized spacial score (nSPS) is 16.2. The van der Waals surface area contributed by atoms with E-state index in [0.29, 0.717) is 12.1 Å². The Morgan fingerprint density at radius 2 is 0.958 bits per heavy atom. The molecule has 1 atom stereocenters. The summed E-state index contributed by atoms with van der Waals surface area (Å²) in [4.78, 5) is 0. The molecule has 1 rings (SSSR count). The van der Waals surface area contributed by atoms with Crippen molar-refractivity contribution >= 4 is 0 Å². The second-order valence-electron chi connectivity index (χ2n) is 4.65. The summed E-state index contributed by atoms with van der Waals surface area (Å²) in [5.74, 6) is -7.48. The summed E-state index contributed by atoms with van der Waals surface area (Å²) < 4.78 is 155. The lowest BCUT2D eigenvalue weighted by atomic mass is 9.72. The van der Waals surface area contributed by atoms with Gasteiger partial charge in [0.15, 0.2) is 6.17 Å². The van der Waals surface area contributed by atoms with Crippen LogP contribution in [-0.2, 0) is 0 Å². The van der Waals surface area contributed by atoms with Crippen LogP contribution >= 0.6 is 0 Å². The van der Waals surface area contributed by atoms with Gasteiger partial charge < -0.3 is 0 Å². The van der Waals surface area contributed by atoms with Gasteiger partial charge in [0.2, 0.25) is 0 Å². The maximum Gasteiger partial charge on any atom is 0.454 e. The largest absolute Gasteiger partial charge is 0.454 e. The average Bonchev–Trinajstić information content (AvgIpc) is 2.35. The van der Waals surface area contributed by atoms with Crippen LogP contribution < -0.4 is 0 Å². The van der Waals surface area contributed by atoms with Crippen molar-refractivity contribution in [3.8, 4) is 0 Å².